The maximum atomic E-state index is 13.4. The van der Waals surface area contributed by atoms with Crippen molar-refractivity contribution in [3.8, 4) is 5.75 Å². The van der Waals surface area contributed by atoms with E-state index in [0.717, 1.165) is 39.2 Å². The summed E-state index contributed by atoms with van der Waals surface area (Å²) in [5.74, 6) is 0.914. The lowest BCUT2D eigenvalue weighted by Gasteiger charge is -2.35. The number of nitrogens with zero attached hydrogens (tertiary/aromatic N) is 1. The van der Waals surface area contributed by atoms with Crippen LogP contribution < -0.4 is 5.32 Å². The van der Waals surface area contributed by atoms with Gasteiger partial charge in [0.05, 0.1) is 11.3 Å². The van der Waals surface area contributed by atoms with Gasteiger partial charge >= 0.3 is 0 Å². The molecular weight excluding hydrogens is 364 g/mol. The number of anilines is 1. The third-order valence-corrected chi connectivity index (χ3v) is 6.12. The quantitative estimate of drug-likeness (QED) is 0.651. The van der Waals surface area contributed by atoms with E-state index in [1.807, 2.05) is 31.2 Å². The average molecular weight is 386 g/mol. The highest BCUT2D eigenvalue weighted by Gasteiger charge is 2.41. The summed E-state index contributed by atoms with van der Waals surface area (Å²) in [6.45, 7) is 4.00. The molecule has 5 nitrogen and oxygen atoms in total. The number of phenols is 1. The van der Waals surface area contributed by atoms with Crippen molar-refractivity contribution in [1.29, 1.82) is 0 Å². The fourth-order valence-corrected chi connectivity index (χ4v) is 4.68. The number of carbonyl (C=O) groups is 1. The first-order chi connectivity index (χ1) is 14.0. The first-order valence-corrected chi connectivity index (χ1v) is 9.87. The van der Waals surface area contributed by atoms with Gasteiger partial charge < -0.3 is 14.9 Å². The Bertz CT molecular complexity index is 1140. The summed E-state index contributed by atoms with van der Waals surface area (Å²) in [5.41, 5.74) is 6.81. The summed E-state index contributed by atoms with van der Waals surface area (Å²) < 4.78 is 5.58. The van der Waals surface area contributed by atoms with E-state index in [1.54, 1.807) is 12.1 Å². The number of aromatic hydroxyl groups is 1. The maximum Gasteiger partial charge on any atom is 0.233 e. The normalized spacial score (nSPS) is 20.8. The van der Waals surface area contributed by atoms with Gasteiger partial charge in [0, 0.05) is 23.6 Å². The van der Waals surface area contributed by atoms with Crippen LogP contribution in [0.2, 0.25) is 0 Å². The number of benzene rings is 2. The minimum Gasteiger partial charge on any atom is -0.508 e. The summed E-state index contributed by atoms with van der Waals surface area (Å²) in [4.78, 5) is 13.4. The number of allylic oxidation sites excluding steroid dienone is 2. The van der Waals surface area contributed by atoms with Crippen molar-refractivity contribution in [2.75, 3.05) is 5.32 Å². The molecule has 2 heterocycles. The number of carbonyl (C=O) groups excluding carboxylic acids is 1. The number of hydrogen-bond acceptors (Lipinski definition) is 5. The standard InChI is InChI=1S/C24H22N2O3/c1-13-5-3-4-6-18(13)22-21-14(2)26-29-24(21)25-19-11-16(12-20(28)23(19)22)15-7-9-17(27)10-8-15/h3-10,16,22,25,27H,11-12H2,1-2H3/t16-,22-/m1/s1. The minimum absolute atomic E-state index is 0.0671. The van der Waals surface area contributed by atoms with E-state index in [4.69, 9.17) is 4.52 Å². The Kier molecular flexibility index (Phi) is 4.05. The molecule has 2 aliphatic rings. The molecule has 0 saturated carbocycles. The van der Waals surface area contributed by atoms with Crippen molar-refractivity contribution in [2.24, 2.45) is 0 Å². The molecule has 1 aliphatic heterocycles. The summed E-state index contributed by atoms with van der Waals surface area (Å²) in [5, 5.41) is 17.1. The van der Waals surface area contributed by atoms with E-state index in [1.165, 1.54) is 0 Å². The molecule has 1 aromatic heterocycles. The molecule has 1 aliphatic carbocycles. The molecule has 5 rings (SSSR count). The van der Waals surface area contributed by atoms with Crippen LogP contribution >= 0.6 is 0 Å². The second-order valence-electron chi connectivity index (χ2n) is 7.94. The van der Waals surface area contributed by atoms with Gasteiger partial charge in [0.25, 0.3) is 0 Å². The van der Waals surface area contributed by atoms with Gasteiger partial charge in [-0.1, -0.05) is 41.6 Å². The lowest BCUT2D eigenvalue weighted by atomic mass is 9.72. The lowest BCUT2D eigenvalue weighted by molar-refractivity contribution is -0.116. The Morgan fingerprint density at radius 1 is 1.07 bits per heavy atom. The van der Waals surface area contributed by atoms with Gasteiger partial charge in [-0.05, 0) is 55.0 Å². The molecule has 2 N–H and O–H groups in total. The molecule has 29 heavy (non-hydrogen) atoms. The van der Waals surface area contributed by atoms with E-state index < -0.39 is 0 Å². The predicted molar refractivity (Wildman–Crippen MR) is 110 cm³/mol. The van der Waals surface area contributed by atoms with Gasteiger partial charge in [-0.2, -0.15) is 0 Å². The van der Waals surface area contributed by atoms with Crippen LogP contribution in [0, 0.1) is 13.8 Å². The summed E-state index contributed by atoms with van der Waals surface area (Å²) in [7, 11) is 0. The number of fused-ring (bicyclic) bond motifs is 1. The fraction of sp³-hybridized carbons (Fsp3) is 0.250. The van der Waals surface area contributed by atoms with Crippen molar-refractivity contribution < 1.29 is 14.4 Å². The third kappa shape index (κ3) is 2.85. The van der Waals surface area contributed by atoms with Crippen molar-refractivity contribution in [2.45, 2.75) is 38.5 Å². The summed E-state index contributed by atoms with van der Waals surface area (Å²) in [6.07, 6.45) is 1.17. The van der Waals surface area contributed by atoms with E-state index in [0.29, 0.717) is 18.7 Å². The zero-order valence-electron chi connectivity index (χ0n) is 16.4. The van der Waals surface area contributed by atoms with E-state index in [2.05, 4.69) is 29.5 Å². The van der Waals surface area contributed by atoms with E-state index in [-0.39, 0.29) is 23.4 Å². The van der Waals surface area contributed by atoms with Crippen molar-refractivity contribution in [1.82, 2.24) is 5.16 Å². The van der Waals surface area contributed by atoms with Gasteiger partial charge in [0.2, 0.25) is 5.88 Å². The van der Waals surface area contributed by atoms with E-state index in [9.17, 15) is 9.90 Å². The molecule has 0 amide bonds. The maximum absolute atomic E-state index is 13.4. The van der Waals surface area contributed by atoms with Gasteiger partial charge in [-0.15, -0.1) is 0 Å². The molecule has 0 fully saturated rings. The summed E-state index contributed by atoms with van der Waals surface area (Å²) >= 11 is 0. The highest BCUT2D eigenvalue weighted by atomic mass is 16.5. The number of ketones is 1. The SMILES string of the molecule is Cc1ccccc1[C@H]1C2=C(C[C@@H](c3ccc(O)cc3)CC2=O)Nc2onc(C)c21. The highest BCUT2D eigenvalue weighted by Crippen LogP contribution is 2.49. The molecule has 146 valence electrons. The van der Waals surface area contributed by atoms with Gasteiger partial charge in [0.15, 0.2) is 5.78 Å². The Hall–Kier alpha value is -3.34. The molecule has 5 heteroatoms. The van der Waals surface area contributed by atoms with Crippen LogP contribution in [-0.2, 0) is 4.79 Å². The van der Waals surface area contributed by atoms with Crippen molar-refractivity contribution >= 4 is 11.7 Å². The van der Waals surface area contributed by atoms with E-state index >= 15 is 0 Å². The predicted octanol–water partition coefficient (Wildman–Crippen LogP) is 4.96. The molecule has 0 bridgehead atoms. The molecule has 2 aromatic carbocycles. The molecular formula is C24H22N2O3. The van der Waals surface area contributed by atoms with Crippen LogP contribution in [0.3, 0.4) is 0 Å². The van der Waals surface area contributed by atoms with Crippen LogP contribution in [0.25, 0.3) is 0 Å². The zero-order chi connectivity index (χ0) is 20.1. The molecule has 3 aromatic rings. The van der Waals surface area contributed by atoms with Crippen LogP contribution in [0.5, 0.6) is 5.75 Å². The molecule has 0 radical (unpaired) electrons. The Balaban J connectivity index is 1.63. The Morgan fingerprint density at radius 3 is 2.59 bits per heavy atom. The van der Waals surface area contributed by atoms with Gasteiger partial charge in [0.1, 0.15) is 5.75 Å². The molecule has 0 unspecified atom stereocenters. The van der Waals surface area contributed by atoms with Crippen LogP contribution in [0.15, 0.2) is 64.3 Å². The van der Waals surface area contributed by atoms with Gasteiger partial charge in [-0.3, -0.25) is 4.79 Å². The number of rotatable bonds is 2. The Morgan fingerprint density at radius 2 is 1.83 bits per heavy atom. The van der Waals surface area contributed by atoms with Crippen molar-refractivity contribution in [3.63, 3.8) is 0 Å². The number of aromatic nitrogens is 1. The molecule has 0 spiro atoms. The first-order valence-electron chi connectivity index (χ1n) is 9.87. The molecule has 0 saturated heterocycles. The number of nitrogens with one attached hydrogen (secondary N) is 1. The van der Waals surface area contributed by atoms with Crippen LogP contribution in [0.4, 0.5) is 5.88 Å². The first kappa shape index (κ1) is 17.7. The van der Waals surface area contributed by atoms with Gasteiger partial charge in [-0.25, -0.2) is 0 Å². The third-order valence-electron chi connectivity index (χ3n) is 6.12. The monoisotopic (exact) mass is 386 g/mol. The zero-order valence-corrected chi connectivity index (χ0v) is 16.4. The number of phenolic OH excluding ortho intramolecular Hbond substituents is 1. The average Bonchev–Trinajstić information content (AvgIpc) is 3.08. The summed E-state index contributed by atoms with van der Waals surface area (Å²) in [6, 6.07) is 15.3. The number of aryl methyl sites for hydroxylation is 2. The molecule has 2 atom stereocenters. The second kappa shape index (κ2) is 6.62. The highest BCUT2D eigenvalue weighted by molar-refractivity contribution is 6.01. The lowest BCUT2D eigenvalue weighted by Crippen LogP contribution is -2.29. The second-order valence-corrected chi connectivity index (χ2v) is 7.94. The number of hydrogen-bond donors (Lipinski definition) is 2. The number of Topliss-reactive ketones (excluding diaryl/α,β-unsaturated/α-hetero) is 1. The topological polar surface area (TPSA) is 75.4 Å². The Labute approximate surface area is 169 Å². The smallest absolute Gasteiger partial charge is 0.233 e. The largest absolute Gasteiger partial charge is 0.508 e. The van der Waals surface area contributed by atoms with Crippen molar-refractivity contribution in [3.05, 3.63) is 87.7 Å². The van der Waals surface area contributed by atoms with Crippen LogP contribution in [-0.4, -0.2) is 16.0 Å². The fourth-order valence-electron chi connectivity index (χ4n) is 4.68. The van der Waals surface area contributed by atoms with Crippen LogP contribution in [0.1, 0.15) is 52.6 Å². The minimum atomic E-state index is -0.165.